The molecule has 2 nitrogen and oxygen atoms in total. The molecule has 1 aromatic rings. The lowest BCUT2D eigenvalue weighted by Crippen LogP contribution is -2.11. The number of halogens is 1. The average molecular weight is 256 g/mol. The van der Waals surface area contributed by atoms with Gasteiger partial charge >= 0.3 is 0 Å². The second kappa shape index (κ2) is 5.81. The van der Waals surface area contributed by atoms with Gasteiger partial charge in [-0.05, 0) is 18.1 Å². The van der Waals surface area contributed by atoms with Crippen molar-refractivity contribution < 1.29 is 4.79 Å². The predicted molar refractivity (Wildman–Crippen MR) is 62.6 cm³/mol. The van der Waals surface area contributed by atoms with Crippen molar-refractivity contribution in [2.45, 2.75) is 25.1 Å². The first-order chi connectivity index (χ1) is 6.77. The minimum atomic E-state index is 0.0842. The van der Waals surface area contributed by atoms with Gasteiger partial charge in [-0.3, -0.25) is 4.79 Å². The van der Waals surface area contributed by atoms with Crippen molar-refractivity contribution in [3.63, 3.8) is 0 Å². The van der Waals surface area contributed by atoms with Crippen molar-refractivity contribution in [3.8, 4) is 0 Å². The summed E-state index contributed by atoms with van der Waals surface area (Å²) in [5.74, 6) is 0.0842. The van der Waals surface area contributed by atoms with Crippen LogP contribution in [0.5, 0.6) is 0 Å². The topological polar surface area (TPSA) is 29.1 Å². The first-order valence-corrected chi connectivity index (χ1v) is 5.83. The van der Waals surface area contributed by atoms with Crippen molar-refractivity contribution in [2.24, 2.45) is 0 Å². The highest BCUT2D eigenvalue weighted by molar-refractivity contribution is 9.08. The number of rotatable bonds is 4. The summed E-state index contributed by atoms with van der Waals surface area (Å²) in [5.41, 5.74) is 2.01. The molecule has 0 atom stereocenters. The van der Waals surface area contributed by atoms with E-state index in [-0.39, 0.29) is 5.91 Å². The number of hydrogen-bond donors (Lipinski definition) is 1. The quantitative estimate of drug-likeness (QED) is 0.822. The number of benzene rings is 1. The van der Waals surface area contributed by atoms with E-state index < -0.39 is 0 Å². The molecule has 1 aromatic carbocycles. The summed E-state index contributed by atoms with van der Waals surface area (Å²) in [6.07, 6.45) is 1.46. The lowest BCUT2D eigenvalue weighted by atomic mass is 10.2. The van der Waals surface area contributed by atoms with Crippen LogP contribution in [0, 0.1) is 0 Å². The fourth-order valence-electron chi connectivity index (χ4n) is 1.20. The van der Waals surface area contributed by atoms with E-state index in [1.165, 1.54) is 0 Å². The highest BCUT2D eigenvalue weighted by Crippen LogP contribution is 2.17. The summed E-state index contributed by atoms with van der Waals surface area (Å²) in [5, 5.41) is 3.65. The maximum Gasteiger partial charge on any atom is 0.224 e. The number of nitrogens with one attached hydrogen (secondary N) is 1. The zero-order chi connectivity index (χ0) is 10.4. The first kappa shape index (κ1) is 11.2. The molecule has 14 heavy (non-hydrogen) atoms. The Hall–Kier alpha value is -0.830. The smallest absolute Gasteiger partial charge is 0.224 e. The largest absolute Gasteiger partial charge is 0.326 e. The lowest BCUT2D eigenvalue weighted by molar-refractivity contribution is -0.116. The summed E-state index contributed by atoms with van der Waals surface area (Å²) >= 11 is 3.39. The van der Waals surface area contributed by atoms with Gasteiger partial charge in [0.25, 0.3) is 0 Å². The fraction of sp³-hybridized carbons (Fsp3) is 0.364. The second-order valence-corrected chi connectivity index (χ2v) is 3.65. The first-order valence-electron chi connectivity index (χ1n) is 4.71. The summed E-state index contributed by atoms with van der Waals surface area (Å²) in [6.45, 7) is 2.00. The van der Waals surface area contributed by atoms with Crippen LogP contribution in [-0.2, 0) is 10.1 Å². The lowest BCUT2D eigenvalue weighted by Gasteiger charge is -2.08. The molecule has 76 valence electrons. The third-order valence-electron chi connectivity index (χ3n) is 1.91. The molecular weight excluding hydrogens is 242 g/mol. The van der Waals surface area contributed by atoms with Gasteiger partial charge in [-0.25, -0.2) is 0 Å². The molecule has 1 N–H and O–H groups in total. The molecule has 0 aliphatic heterocycles. The van der Waals surface area contributed by atoms with Gasteiger partial charge in [0, 0.05) is 17.4 Å². The molecule has 0 heterocycles. The van der Waals surface area contributed by atoms with Gasteiger partial charge < -0.3 is 5.32 Å². The van der Waals surface area contributed by atoms with E-state index in [0.717, 1.165) is 23.0 Å². The van der Waals surface area contributed by atoms with Crippen molar-refractivity contribution in [2.75, 3.05) is 5.32 Å². The number of anilines is 1. The minimum Gasteiger partial charge on any atom is -0.326 e. The van der Waals surface area contributed by atoms with Crippen molar-refractivity contribution in [1.29, 1.82) is 0 Å². The SMILES string of the molecule is CCCC(=O)Nc1ccccc1CBr. The minimum absolute atomic E-state index is 0.0842. The number of carbonyl (C=O) groups is 1. The Morgan fingerprint density at radius 3 is 2.79 bits per heavy atom. The van der Waals surface area contributed by atoms with Gasteiger partial charge in [-0.1, -0.05) is 41.1 Å². The molecule has 0 spiro atoms. The molecule has 1 rings (SSSR count). The molecule has 0 bridgehead atoms. The average Bonchev–Trinajstić information content (AvgIpc) is 2.19. The molecule has 0 aliphatic rings. The van der Waals surface area contributed by atoms with Gasteiger partial charge in [0.15, 0.2) is 0 Å². The number of alkyl halides is 1. The summed E-state index contributed by atoms with van der Waals surface area (Å²) < 4.78 is 0. The number of carbonyl (C=O) groups excluding carboxylic acids is 1. The number of amides is 1. The zero-order valence-electron chi connectivity index (χ0n) is 8.22. The van der Waals surface area contributed by atoms with Crippen LogP contribution < -0.4 is 5.32 Å². The van der Waals surface area contributed by atoms with Crippen molar-refractivity contribution >= 4 is 27.5 Å². The maximum atomic E-state index is 11.4. The van der Waals surface area contributed by atoms with Gasteiger partial charge in [0.2, 0.25) is 5.91 Å². The van der Waals surface area contributed by atoms with Crippen molar-refractivity contribution in [3.05, 3.63) is 29.8 Å². The van der Waals surface area contributed by atoms with E-state index in [1.54, 1.807) is 0 Å². The third-order valence-corrected chi connectivity index (χ3v) is 2.52. The Balaban J connectivity index is 2.70. The summed E-state index contributed by atoms with van der Waals surface area (Å²) in [7, 11) is 0. The Morgan fingerprint density at radius 2 is 2.14 bits per heavy atom. The second-order valence-electron chi connectivity index (χ2n) is 3.09. The molecule has 0 saturated heterocycles. The monoisotopic (exact) mass is 255 g/mol. The number of hydrogen-bond acceptors (Lipinski definition) is 1. The maximum absolute atomic E-state index is 11.4. The van der Waals surface area contributed by atoms with E-state index in [1.807, 2.05) is 31.2 Å². The molecule has 0 aliphatic carbocycles. The van der Waals surface area contributed by atoms with Crippen LogP contribution in [0.25, 0.3) is 0 Å². The zero-order valence-corrected chi connectivity index (χ0v) is 9.80. The highest BCUT2D eigenvalue weighted by atomic mass is 79.9. The molecule has 0 aromatic heterocycles. The van der Waals surface area contributed by atoms with Gasteiger partial charge in [-0.15, -0.1) is 0 Å². The molecular formula is C11H14BrNO. The van der Waals surface area contributed by atoms with Crippen molar-refractivity contribution in [1.82, 2.24) is 0 Å². The molecule has 0 unspecified atom stereocenters. The van der Waals surface area contributed by atoms with Crippen LogP contribution in [-0.4, -0.2) is 5.91 Å². The standard InChI is InChI=1S/C11H14BrNO/c1-2-5-11(14)13-10-7-4-3-6-9(10)8-12/h3-4,6-7H,2,5,8H2,1H3,(H,13,14). The van der Waals surface area contributed by atoms with E-state index in [0.29, 0.717) is 6.42 Å². The van der Waals surface area contributed by atoms with Gasteiger partial charge in [0.05, 0.1) is 0 Å². The Labute approximate surface area is 92.8 Å². The summed E-state index contributed by atoms with van der Waals surface area (Å²) in [4.78, 5) is 11.4. The summed E-state index contributed by atoms with van der Waals surface area (Å²) in [6, 6.07) is 7.81. The highest BCUT2D eigenvalue weighted by Gasteiger charge is 2.03. The Bertz CT molecular complexity index is 312. The van der Waals surface area contributed by atoms with Gasteiger partial charge in [0.1, 0.15) is 0 Å². The van der Waals surface area contributed by atoms with E-state index >= 15 is 0 Å². The van der Waals surface area contributed by atoms with E-state index in [9.17, 15) is 4.79 Å². The number of para-hydroxylation sites is 1. The molecule has 0 fully saturated rings. The van der Waals surface area contributed by atoms with E-state index in [2.05, 4.69) is 21.2 Å². The van der Waals surface area contributed by atoms with Gasteiger partial charge in [-0.2, -0.15) is 0 Å². The molecule has 0 saturated carbocycles. The predicted octanol–water partition coefficient (Wildman–Crippen LogP) is 3.32. The van der Waals surface area contributed by atoms with Crippen LogP contribution >= 0.6 is 15.9 Å². The normalized spacial score (nSPS) is 9.86. The molecule has 3 heteroatoms. The van der Waals surface area contributed by atoms with Crippen LogP contribution in [0.4, 0.5) is 5.69 Å². The Kier molecular flexibility index (Phi) is 4.66. The fourth-order valence-corrected chi connectivity index (χ4v) is 1.69. The molecule has 1 amide bonds. The molecule has 0 radical (unpaired) electrons. The Morgan fingerprint density at radius 1 is 1.43 bits per heavy atom. The third kappa shape index (κ3) is 3.14. The van der Waals surface area contributed by atoms with Crippen LogP contribution in [0.1, 0.15) is 25.3 Å². The van der Waals surface area contributed by atoms with Crippen LogP contribution in [0.15, 0.2) is 24.3 Å². The van der Waals surface area contributed by atoms with Crippen LogP contribution in [0.2, 0.25) is 0 Å². The van der Waals surface area contributed by atoms with E-state index in [4.69, 9.17) is 0 Å². The van der Waals surface area contributed by atoms with Crippen LogP contribution in [0.3, 0.4) is 0 Å².